The predicted molar refractivity (Wildman–Crippen MR) is 119 cm³/mol. The van der Waals surface area contributed by atoms with E-state index in [1.165, 1.54) is 36.3 Å². The molecular formula is C22H27N3O5S. The summed E-state index contributed by atoms with van der Waals surface area (Å²) in [6.45, 7) is 4.33. The number of benzene rings is 2. The van der Waals surface area contributed by atoms with Crippen LogP contribution in [0.4, 0.5) is 11.4 Å². The normalized spacial score (nSPS) is 14.9. The van der Waals surface area contributed by atoms with Crippen molar-refractivity contribution in [2.45, 2.75) is 44.0 Å². The van der Waals surface area contributed by atoms with E-state index in [1.807, 2.05) is 13.8 Å². The van der Waals surface area contributed by atoms with E-state index < -0.39 is 10.0 Å². The summed E-state index contributed by atoms with van der Waals surface area (Å²) in [6, 6.07) is 10.7. The molecule has 8 nitrogen and oxygen atoms in total. The van der Waals surface area contributed by atoms with E-state index in [0.29, 0.717) is 30.8 Å². The molecule has 1 aliphatic heterocycles. The van der Waals surface area contributed by atoms with E-state index in [4.69, 9.17) is 4.74 Å². The first kappa shape index (κ1) is 22.6. The highest BCUT2D eigenvalue weighted by Crippen LogP contribution is 2.34. The number of nitrogens with zero attached hydrogens (tertiary/aromatic N) is 1. The van der Waals surface area contributed by atoms with Crippen molar-refractivity contribution in [3.63, 3.8) is 0 Å². The minimum atomic E-state index is -4.02. The van der Waals surface area contributed by atoms with Crippen molar-refractivity contribution in [3.8, 4) is 5.75 Å². The van der Waals surface area contributed by atoms with Crippen LogP contribution in [0, 0.1) is 0 Å². The molecule has 0 unspecified atom stereocenters. The van der Waals surface area contributed by atoms with Gasteiger partial charge in [0.05, 0.1) is 28.9 Å². The standard InChI is InChI=1S/C22H27N3O5S/c1-4-15(2)23-22(27)17-8-5-6-9-18(17)24-31(28,29)16-11-12-20(30-3)19(14-16)25-13-7-10-21(25)26/h5-6,8-9,11-12,14-15,24H,4,7,10,13H2,1-3H3,(H,23,27)/t15-/m0/s1. The van der Waals surface area contributed by atoms with Gasteiger partial charge in [-0.2, -0.15) is 0 Å². The molecule has 0 radical (unpaired) electrons. The summed E-state index contributed by atoms with van der Waals surface area (Å²) < 4.78 is 34.1. The minimum absolute atomic E-state index is 0.0277. The molecule has 166 valence electrons. The Kier molecular flexibility index (Phi) is 6.84. The van der Waals surface area contributed by atoms with E-state index in [-0.39, 0.29) is 34.0 Å². The topological polar surface area (TPSA) is 105 Å². The van der Waals surface area contributed by atoms with Crippen molar-refractivity contribution in [2.75, 3.05) is 23.3 Å². The summed E-state index contributed by atoms with van der Waals surface area (Å²) in [4.78, 5) is 26.3. The summed E-state index contributed by atoms with van der Waals surface area (Å²) in [5.74, 6) is -0.0128. The molecule has 3 rings (SSSR count). The third kappa shape index (κ3) is 4.99. The first-order valence-electron chi connectivity index (χ1n) is 10.2. The van der Waals surface area contributed by atoms with Gasteiger partial charge >= 0.3 is 0 Å². The average molecular weight is 446 g/mol. The van der Waals surface area contributed by atoms with Crippen LogP contribution in [0.1, 0.15) is 43.5 Å². The Bertz CT molecular complexity index is 1080. The number of ether oxygens (including phenoxy) is 1. The number of rotatable bonds is 8. The van der Waals surface area contributed by atoms with Crippen LogP contribution in [0.5, 0.6) is 5.75 Å². The van der Waals surface area contributed by atoms with Gasteiger partial charge in [-0.3, -0.25) is 14.3 Å². The molecule has 0 spiro atoms. The Morgan fingerprint density at radius 2 is 1.97 bits per heavy atom. The fraction of sp³-hybridized carbons (Fsp3) is 0.364. The van der Waals surface area contributed by atoms with Crippen LogP contribution in [0.25, 0.3) is 0 Å². The molecule has 0 saturated carbocycles. The maximum absolute atomic E-state index is 13.1. The van der Waals surface area contributed by atoms with Crippen molar-refractivity contribution in [1.82, 2.24) is 5.32 Å². The van der Waals surface area contributed by atoms with E-state index in [2.05, 4.69) is 10.0 Å². The second-order valence-electron chi connectivity index (χ2n) is 7.42. The fourth-order valence-electron chi connectivity index (χ4n) is 3.33. The van der Waals surface area contributed by atoms with Gasteiger partial charge in [0, 0.05) is 19.0 Å². The lowest BCUT2D eigenvalue weighted by atomic mass is 10.1. The van der Waals surface area contributed by atoms with E-state index in [9.17, 15) is 18.0 Å². The molecular weight excluding hydrogens is 418 g/mol. The zero-order valence-electron chi connectivity index (χ0n) is 17.8. The van der Waals surface area contributed by atoms with Gasteiger partial charge in [-0.1, -0.05) is 19.1 Å². The Morgan fingerprint density at radius 1 is 1.23 bits per heavy atom. The summed E-state index contributed by atoms with van der Waals surface area (Å²) in [6.07, 6.45) is 1.87. The molecule has 1 fully saturated rings. The van der Waals surface area contributed by atoms with Crippen LogP contribution in [0.3, 0.4) is 0 Å². The molecule has 1 aliphatic rings. The lowest BCUT2D eigenvalue weighted by molar-refractivity contribution is -0.117. The highest BCUT2D eigenvalue weighted by atomic mass is 32.2. The molecule has 2 amide bonds. The van der Waals surface area contributed by atoms with Gasteiger partial charge < -0.3 is 15.0 Å². The first-order chi connectivity index (χ1) is 14.8. The first-order valence-corrected chi connectivity index (χ1v) is 11.7. The predicted octanol–water partition coefficient (Wildman–Crippen LogP) is 3.15. The minimum Gasteiger partial charge on any atom is -0.495 e. The Labute approximate surface area is 182 Å². The van der Waals surface area contributed by atoms with E-state index >= 15 is 0 Å². The van der Waals surface area contributed by atoms with Crippen LogP contribution in [0.15, 0.2) is 47.4 Å². The summed E-state index contributed by atoms with van der Waals surface area (Å²) >= 11 is 0. The smallest absolute Gasteiger partial charge is 0.261 e. The molecule has 0 bridgehead atoms. The number of nitrogens with one attached hydrogen (secondary N) is 2. The van der Waals surface area contributed by atoms with Gasteiger partial charge in [-0.05, 0) is 50.1 Å². The largest absolute Gasteiger partial charge is 0.495 e. The summed E-state index contributed by atoms with van der Waals surface area (Å²) in [5.41, 5.74) is 0.823. The molecule has 1 atom stereocenters. The maximum atomic E-state index is 13.1. The molecule has 9 heteroatoms. The molecule has 2 aromatic carbocycles. The number of sulfonamides is 1. The number of carbonyl (C=O) groups excluding carboxylic acids is 2. The lowest BCUT2D eigenvalue weighted by Crippen LogP contribution is -2.32. The third-order valence-corrected chi connectivity index (χ3v) is 6.59. The molecule has 0 aliphatic carbocycles. The quantitative estimate of drug-likeness (QED) is 0.649. The molecule has 1 heterocycles. The number of para-hydroxylation sites is 1. The number of hydrogen-bond donors (Lipinski definition) is 2. The van der Waals surface area contributed by atoms with E-state index in [0.717, 1.165) is 6.42 Å². The van der Waals surface area contributed by atoms with Crippen LogP contribution >= 0.6 is 0 Å². The van der Waals surface area contributed by atoms with Gasteiger partial charge in [-0.15, -0.1) is 0 Å². The van der Waals surface area contributed by atoms with Crippen LogP contribution in [-0.2, 0) is 14.8 Å². The van der Waals surface area contributed by atoms with Crippen molar-refractivity contribution >= 4 is 33.2 Å². The van der Waals surface area contributed by atoms with Gasteiger partial charge in [-0.25, -0.2) is 8.42 Å². The summed E-state index contributed by atoms with van der Waals surface area (Å²) in [5, 5.41) is 2.84. The molecule has 2 aromatic rings. The van der Waals surface area contributed by atoms with Gasteiger partial charge in [0.15, 0.2) is 0 Å². The number of carbonyl (C=O) groups is 2. The molecule has 31 heavy (non-hydrogen) atoms. The van der Waals surface area contributed by atoms with Crippen LogP contribution in [0.2, 0.25) is 0 Å². The Morgan fingerprint density at radius 3 is 2.61 bits per heavy atom. The van der Waals surface area contributed by atoms with Crippen LogP contribution < -0.4 is 19.7 Å². The van der Waals surface area contributed by atoms with Gasteiger partial charge in [0.2, 0.25) is 5.91 Å². The average Bonchev–Trinajstić information content (AvgIpc) is 3.18. The zero-order valence-corrected chi connectivity index (χ0v) is 18.7. The Hall–Kier alpha value is -3.07. The van der Waals surface area contributed by atoms with E-state index in [1.54, 1.807) is 18.2 Å². The Balaban J connectivity index is 1.93. The van der Waals surface area contributed by atoms with Crippen LogP contribution in [-0.4, -0.2) is 39.9 Å². The number of methoxy groups -OCH3 is 1. The second kappa shape index (κ2) is 9.38. The van der Waals surface area contributed by atoms with Crippen molar-refractivity contribution in [3.05, 3.63) is 48.0 Å². The van der Waals surface area contributed by atoms with Crippen molar-refractivity contribution in [1.29, 1.82) is 0 Å². The number of anilines is 2. The van der Waals surface area contributed by atoms with Crippen molar-refractivity contribution < 1.29 is 22.7 Å². The molecule has 2 N–H and O–H groups in total. The number of hydrogen-bond acceptors (Lipinski definition) is 5. The summed E-state index contributed by atoms with van der Waals surface area (Å²) in [7, 11) is -2.55. The monoisotopic (exact) mass is 445 g/mol. The highest BCUT2D eigenvalue weighted by Gasteiger charge is 2.27. The van der Waals surface area contributed by atoms with Gasteiger partial charge in [0.1, 0.15) is 5.75 Å². The maximum Gasteiger partial charge on any atom is 0.261 e. The fourth-order valence-corrected chi connectivity index (χ4v) is 4.43. The number of amides is 2. The SMILES string of the molecule is CC[C@H](C)NC(=O)c1ccccc1NS(=O)(=O)c1ccc(OC)c(N2CCCC2=O)c1. The lowest BCUT2D eigenvalue weighted by Gasteiger charge is -2.20. The third-order valence-electron chi connectivity index (χ3n) is 5.23. The zero-order chi connectivity index (χ0) is 22.6. The molecule has 0 aromatic heterocycles. The van der Waals surface area contributed by atoms with Crippen molar-refractivity contribution in [2.24, 2.45) is 0 Å². The highest BCUT2D eigenvalue weighted by molar-refractivity contribution is 7.92. The van der Waals surface area contributed by atoms with Gasteiger partial charge in [0.25, 0.3) is 15.9 Å². The molecule has 1 saturated heterocycles. The second-order valence-corrected chi connectivity index (χ2v) is 9.10.